The van der Waals surface area contributed by atoms with Crippen LogP contribution in [0.2, 0.25) is 0 Å². The molecule has 0 atom stereocenters. The summed E-state index contributed by atoms with van der Waals surface area (Å²) in [5.74, 6) is -0.0999. The van der Waals surface area contributed by atoms with Crippen LogP contribution >= 0.6 is 0 Å². The number of benzene rings is 1. The Kier molecular flexibility index (Phi) is 4.34. The zero-order valence-corrected chi connectivity index (χ0v) is 12.4. The van der Waals surface area contributed by atoms with Crippen LogP contribution in [0.4, 0.5) is 0 Å². The molecule has 0 spiro atoms. The average molecular weight is 297 g/mol. The molecule has 1 fully saturated rings. The molecule has 5 heteroatoms. The molecule has 0 bridgehead atoms. The quantitative estimate of drug-likeness (QED) is 0.930. The second-order valence-electron chi connectivity index (χ2n) is 5.49. The van der Waals surface area contributed by atoms with Crippen LogP contribution in [0.25, 0.3) is 0 Å². The molecular weight excluding hydrogens is 278 g/mol. The first-order chi connectivity index (χ1) is 10.7. The van der Waals surface area contributed by atoms with Crippen LogP contribution in [0.15, 0.2) is 53.5 Å². The lowest BCUT2D eigenvalue weighted by Crippen LogP contribution is -2.48. The normalized spacial score (nSPS) is 15.7. The Hall–Kier alpha value is -2.40. The Morgan fingerprint density at radius 2 is 1.77 bits per heavy atom. The van der Waals surface area contributed by atoms with Crippen LogP contribution in [0.1, 0.15) is 16.1 Å². The molecule has 1 amide bonds. The van der Waals surface area contributed by atoms with Crippen molar-refractivity contribution in [2.75, 3.05) is 26.2 Å². The molecule has 5 nitrogen and oxygen atoms in total. The van der Waals surface area contributed by atoms with E-state index < -0.39 is 0 Å². The molecular formula is C17H19N3O2. The van der Waals surface area contributed by atoms with E-state index in [1.165, 1.54) is 23.9 Å². The summed E-state index contributed by atoms with van der Waals surface area (Å²) in [6.07, 6.45) is 1.52. The molecule has 2 heterocycles. The third-order valence-electron chi connectivity index (χ3n) is 3.91. The van der Waals surface area contributed by atoms with Gasteiger partial charge in [-0.15, -0.1) is 0 Å². The summed E-state index contributed by atoms with van der Waals surface area (Å²) in [6, 6.07) is 13.1. The van der Waals surface area contributed by atoms with Gasteiger partial charge in [0.25, 0.3) is 5.91 Å². The molecule has 1 aromatic heterocycles. The molecule has 0 saturated carbocycles. The maximum atomic E-state index is 12.4. The van der Waals surface area contributed by atoms with Crippen molar-refractivity contribution in [1.29, 1.82) is 0 Å². The maximum Gasteiger partial charge on any atom is 0.270 e. The fourth-order valence-corrected chi connectivity index (χ4v) is 2.69. The highest BCUT2D eigenvalue weighted by Crippen LogP contribution is 2.10. The predicted octanol–water partition coefficient (Wildman–Crippen LogP) is 1.33. The summed E-state index contributed by atoms with van der Waals surface area (Å²) >= 11 is 0. The van der Waals surface area contributed by atoms with E-state index in [-0.39, 0.29) is 11.3 Å². The Balaban J connectivity index is 1.57. The molecule has 3 rings (SSSR count). The van der Waals surface area contributed by atoms with E-state index in [1.807, 2.05) is 18.2 Å². The van der Waals surface area contributed by atoms with Gasteiger partial charge < -0.3 is 9.88 Å². The number of aromatic amines is 1. The van der Waals surface area contributed by atoms with Gasteiger partial charge in [-0.05, 0) is 5.56 Å². The topological polar surface area (TPSA) is 56.4 Å². The Labute approximate surface area is 129 Å². The van der Waals surface area contributed by atoms with Crippen molar-refractivity contribution >= 4 is 5.91 Å². The highest BCUT2D eigenvalue weighted by atomic mass is 16.2. The number of carbonyl (C=O) groups is 1. The van der Waals surface area contributed by atoms with E-state index in [2.05, 4.69) is 22.0 Å². The smallest absolute Gasteiger partial charge is 0.270 e. The minimum absolute atomic E-state index is 0.0999. The van der Waals surface area contributed by atoms with Crippen LogP contribution in [-0.2, 0) is 6.54 Å². The molecule has 1 N–H and O–H groups in total. The molecule has 1 aromatic carbocycles. The third kappa shape index (κ3) is 3.43. The second kappa shape index (κ2) is 6.58. The second-order valence-corrected chi connectivity index (χ2v) is 5.49. The fraction of sp³-hybridized carbons (Fsp3) is 0.294. The first-order valence-electron chi connectivity index (χ1n) is 7.47. The number of hydrogen-bond donors (Lipinski definition) is 1. The van der Waals surface area contributed by atoms with Gasteiger partial charge in [0.05, 0.1) is 0 Å². The highest BCUT2D eigenvalue weighted by Gasteiger charge is 2.22. The maximum absolute atomic E-state index is 12.4. The summed E-state index contributed by atoms with van der Waals surface area (Å²) in [7, 11) is 0. The number of hydrogen-bond acceptors (Lipinski definition) is 3. The van der Waals surface area contributed by atoms with E-state index >= 15 is 0 Å². The molecule has 1 saturated heterocycles. The van der Waals surface area contributed by atoms with E-state index in [0.29, 0.717) is 18.8 Å². The molecule has 2 aromatic rings. The lowest BCUT2D eigenvalue weighted by atomic mass is 10.2. The van der Waals surface area contributed by atoms with Crippen LogP contribution in [-0.4, -0.2) is 46.9 Å². The zero-order valence-electron chi connectivity index (χ0n) is 12.4. The van der Waals surface area contributed by atoms with Gasteiger partial charge in [0, 0.05) is 51.1 Å². The summed E-state index contributed by atoms with van der Waals surface area (Å²) in [4.78, 5) is 30.7. The minimum atomic E-state index is -0.148. The van der Waals surface area contributed by atoms with Crippen molar-refractivity contribution in [1.82, 2.24) is 14.8 Å². The number of nitrogens with zero attached hydrogens (tertiary/aromatic N) is 2. The zero-order chi connectivity index (χ0) is 15.4. The van der Waals surface area contributed by atoms with E-state index in [0.717, 1.165) is 19.6 Å². The van der Waals surface area contributed by atoms with E-state index in [1.54, 1.807) is 4.90 Å². The number of H-pyrrole nitrogens is 1. The van der Waals surface area contributed by atoms with Gasteiger partial charge in [0.2, 0.25) is 0 Å². The number of carbonyl (C=O) groups excluding carboxylic acids is 1. The van der Waals surface area contributed by atoms with Crippen molar-refractivity contribution < 1.29 is 4.79 Å². The molecule has 0 unspecified atom stereocenters. The van der Waals surface area contributed by atoms with Crippen LogP contribution < -0.4 is 5.43 Å². The number of amides is 1. The predicted molar refractivity (Wildman–Crippen MR) is 84.7 cm³/mol. The highest BCUT2D eigenvalue weighted by molar-refractivity contribution is 5.92. The summed E-state index contributed by atoms with van der Waals surface area (Å²) in [6.45, 7) is 3.96. The van der Waals surface area contributed by atoms with E-state index in [4.69, 9.17) is 0 Å². The van der Waals surface area contributed by atoms with Gasteiger partial charge in [-0.3, -0.25) is 14.5 Å². The number of nitrogens with one attached hydrogen (secondary N) is 1. The lowest BCUT2D eigenvalue weighted by Gasteiger charge is -2.34. The standard InChI is InChI=1S/C17H19N3O2/c21-15-6-7-18-16(12-15)17(22)20-10-8-19(9-11-20)13-14-4-2-1-3-5-14/h1-7,12H,8-11,13H2,(H,18,21). The summed E-state index contributed by atoms with van der Waals surface area (Å²) < 4.78 is 0. The molecule has 0 aliphatic carbocycles. The van der Waals surface area contributed by atoms with Gasteiger partial charge in [-0.1, -0.05) is 30.3 Å². The molecule has 114 valence electrons. The number of rotatable bonds is 3. The van der Waals surface area contributed by atoms with E-state index in [9.17, 15) is 9.59 Å². The van der Waals surface area contributed by atoms with Gasteiger partial charge in [0.15, 0.2) is 5.43 Å². The largest absolute Gasteiger partial charge is 0.357 e. The Morgan fingerprint density at radius 3 is 2.45 bits per heavy atom. The monoisotopic (exact) mass is 297 g/mol. The first-order valence-corrected chi connectivity index (χ1v) is 7.47. The SMILES string of the molecule is O=C(c1cc(=O)cc[nH]1)N1CCN(Cc2ccccc2)CC1. The first kappa shape index (κ1) is 14.5. The van der Waals surface area contributed by atoms with Crippen LogP contribution in [0.5, 0.6) is 0 Å². The van der Waals surface area contributed by atoms with Gasteiger partial charge in [-0.25, -0.2) is 0 Å². The average Bonchev–Trinajstić information content (AvgIpc) is 2.56. The van der Waals surface area contributed by atoms with Crippen molar-refractivity contribution in [2.24, 2.45) is 0 Å². The molecule has 22 heavy (non-hydrogen) atoms. The lowest BCUT2D eigenvalue weighted by molar-refractivity contribution is 0.0622. The van der Waals surface area contributed by atoms with Crippen molar-refractivity contribution in [3.63, 3.8) is 0 Å². The number of aromatic nitrogens is 1. The molecule has 1 aliphatic heterocycles. The van der Waals surface area contributed by atoms with Gasteiger partial charge >= 0.3 is 0 Å². The third-order valence-corrected chi connectivity index (χ3v) is 3.91. The molecule has 0 radical (unpaired) electrons. The van der Waals surface area contributed by atoms with Crippen molar-refractivity contribution in [3.05, 3.63) is 70.1 Å². The summed E-state index contributed by atoms with van der Waals surface area (Å²) in [5.41, 5.74) is 1.50. The van der Waals surface area contributed by atoms with Crippen molar-refractivity contribution in [2.45, 2.75) is 6.54 Å². The number of piperazine rings is 1. The van der Waals surface area contributed by atoms with Crippen LogP contribution in [0, 0.1) is 0 Å². The minimum Gasteiger partial charge on any atom is -0.357 e. The Morgan fingerprint density at radius 1 is 1.05 bits per heavy atom. The molecule has 1 aliphatic rings. The van der Waals surface area contributed by atoms with Crippen LogP contribution in [0.3, 0.4) is 0 Å². The fourth-order valence-electron chi connectivity index (χ4n) is 2.69. The van der Waals surface area contributed by atoms with Gasteiger partial charge in [0.1, 0.15) is 5.69 Å². The Bertz CT molecular complexity index is 688. The number of pyridine rings is 1. The van der Waals surface area contributed by atoms with Gasteiger partial charge in [-0.2, -0.15) is 0 Å². The van der Waals surface area contributed by atoms with Crippen molar-refractivity contribution in [3.8, 4) is 0 Å². The summed E-state index contributed by atoms with van der Waals surface area (Å²) in [5, 5.41) is 0.